The highest BCUT2D eigenvalue weighted by Crippen LogP contribution is 2.42. The Morgan fingerprint density at radius 2 is 1.89 bits per heavy atom. The molecule has 1 atom stereocenters. The second kappa shape index (κ2) is 7.12. The molecular weight excluding hydrogens is 336 g/mol. The maximum absolute atomic E-state index is 13.1. The number of ether oxygens (including phenoxy) is 1. The van der Waals surface area contributed by atoms with Crippen LogP contribution in [0.5, 0.6) is 5.75 Å². The zero-order valence-electron chi connectivity index (χ0n) is 16.4. The van der Waals surface area contributed by atoms with Gasteiger partial charge in [0.25, 0.3) is 0 Å². The zero-order valence-corrected chi connectivity index (χ0v) is 16.4. The van der Waals surface area contributed by atoms with Gasteiger partial charge in [-0.1, -0.05) is 24.6 Å². The minimum absolute atomic E-state index is 0.00578. The molecule has 5 rings (SSSR count). The number of amides is 1. The van der Waals surface area contributed by atoms with E-state index >= 15 is 0 Å². The Kier molecular flexibility index (Phi) is 4.63. The molecule has 4 nitrogen and oxygen atoms in total. The summed E-state index contributed by atoms with van der Waals surface area (Å²) in [5, 5.41) is 0. The molecule has 1 amide bonds. The maximum Gasteiger partial charge on any atom is 0.229 e. The van der Waals surface area contributed by atoms with Gasteiger partial charge in [0.2, 0.25) is 5.91 Å². The highest BCUT2D eigenvalue weighted by Gasteiger charge is 2.43. The average molecular weight is 369 g/mol. The molecule has 1 aromatic rings. The van der Waals surface area contributed by atoms with Crippen molar-refractivity contribution in [3.05, 3.63) is 29.8 Å². The standard InChI is InChI=1S/C23H32N2O2/c26-22(20-14-19-6-1-2-7-21(19)27-16-20)25-13-10-23(17-25)8-11-24(12-9-23)15-18-4-3-5-18/h1-2,6-7,18,20H,3-5,8-17H2. The van der Waals surface area contributed by atoms with E-state index < -0.39 is 0 Å². The van der Waals surface area contributed by atoms with Crippen molar-refractivity contribution in [3.8, 4) is 5.75 Å². The van der Waals surface area contributed by atoms with Gasteiger partial charge in [0, 0.05) is 19.6 Å². The summed E-state index contributed by atoms with van der Waals surface area (Å²) >= 11 is 0. The largest absolute Gasteiger partial charge is 0.492 e. The first-order valence-electron chi connectivity index (χ1n) is 10.9. The Balaban J connectivity index is 1.16. The number of carbonyl (C=O) groups is 1. The van der Waals surface area contributed by atoms with E-state index in [4.69, 9.17) is 4.74 Å². The monoisotopic (exact) mass is 368 g/mol. The van der Waals surface area contributed by atoms with E-state index in [1.165, 1.54) is 63.7 Å². The number of carbonyl (C=O) groups excluding carboxylic acids is 1. The van der Waals surface area contributed by atoms with E-state index in [-0.39, 0.29) is 5.92 Å². The summed E-state index contributed by atoms with van der Waals surface area (Å²) in [5.41, 5.74) is 1.57. The van der Waals surface area contributed by atoms with Crippen LogP contribution in [0.25, 0.3) is 0 Å². The van der Waals surface area contributed by atoms with E-state index in [2.05, 4.69) is 15.9 Å². The number of likely N-dealkylation sites (tertiary alicyclic amines) is 2. The van der Waals surface area contributed by atoms with E-state index in [1.807, 2.05) is 18.2 Å². The number of benzene rings is 1. The fourth-order valence-electron chi connectivity index (χ4n) is 5.53. The van der Waals surface area contributed by atoms with Gasteiger partial charge in [-0.25, -0.2) is 0 Å². The molecule has 146 valence electrons. The summed E-state index contributed by atoms with van der Waals surface area (Å²) in [6, 6.07) is 8.15. The first-order valence-corrected chi connectivity index (χ1v) is 10.9. The van der Waals surface area contributed by atoms with Crippen molar-refractivity contribution in [3.63, 3.8) is 0 Å². The number of rotatable bonds is 3. The fraction of sp³-hybridized carbons (Fsp3) is 0.696. The third-order valence-corrected chi connectivity index (χ3v) is 7.64. The van der Waals surface area contributed by atoms with Crippen molar-refractivity contribution in [2.45, 2.75) is 44.9 Å². The normalized spacial score (nSPS) is 27.9. The van der Waals surface area contributed by atoms with Crippen molar-refractivity contribution in [1.29, 1.82) is 0 Å². The number of para-hydroxylation sites is 1. The molecule has 3 heterocycles. The molecule has 1 aliphatic carbocycles. The third-order valence-electron chi connectivity index (χ3n) is 7.64. The Bertz CT molecular complexity index is 691. The molecule has 27 heavy (non-hydrogen) atoms. The van der Waals surface area contributed by atoms with Crippen LogP contribution in [-0.2, 0) is 11.2 Å². The first kappa shape index (κ1) is 17.5. The van der Waals surface area contributed by atoms with Crippen LogP contribution in [0.2, 0.25) is 0 Å². The van der Waals surface area contributed by atoms with E-state index in [9.17, 15) is 4.79 Å². The summed E-state index contributed by atoms with van der Waals surface area (Å²) in [6.45, 7) is 6.24. The maximum atomic E-state index is 13.1. The minimum Gasteiger partial charge on any atom is -0.492 e. The van der Waals surface area contributed by atoms with Crippen molar-refractivity contribution in [1.82, 2.24) is 9.80 Å². The predicted octanol–water partition coefficient (Wildman–Crippen LogP) is 3.35. The van der Waals surface area contributed by atoms with Crippen molar-refractivity contribution in [2.24, 2.45) is 17.3 Å². The molecule has 0 bridgehead atoms. The molecule has 1 unspecified atom stereocenters. The highest BCUT2D eigenvalue weighted by molar-refractivity contribution is 5.80. The molecular formula is C23H32N2O2. The van der Waals surface area contributed by atoms with E-state index in [0.717, 1.165) is 31.2 Å². The van der Waals surface area contributed by atoms with E-state index in [1.54, 1.807) is 0 Å². The smallest absolute Gasteiger partial charge is 0.229 e. The first-order chi connectivity index (χ1) is 13.2. The Morgan fingerprint density at radius 3 is 2.67 bits per heavy atom. The second-order valence-electron chi connectivity index (χ2n) is 9.43. The lowest BCUT2D eigenvalue weighted by Gasteiger charge is -2.41. The number of nitrogens with zero attached hydrogens (tertiary/aromatic N) is 2. The van der Waals surface area contributed by atoms with Gasteiger partial charge in [0.15, 0.2) is 0 Å². The Labute approximate surface area is 162 Å². The molecule has 1 aromatic carbocycles. The topological polar surface area (TPSA) is 32.8 Å². The summed E-state index contributed by atoms with van der Waals surface area (Å²) < 4.78 is 5.87. The predicted molar refractivity (Wildman–Crippen MR) is 106 cm³/mol. The quantitative estimate of drug-likeness (QED) is 0.820. The Hall–Kier alpha value is -1.55. The van der Waals surface area contributed by atoms with Gasteiger partial charge in [0.1, 0.15) is 12.4 Å². The number of hydrogen-bond acceptors (Lipinski definition) is 3. The molecule has 0 radical (unpaired) electrons. The molecule has 1 saturated carbocycles. The zero-order chi connectivity index (χ0) is 18.3. The Morgan fingerprint density at radius 1 is 1.11 bits per heavy atom. The summed E-state index contributed by atoms with van der Waals surface area (Å²) in [5.74, 6) is 2.24. The van der Waals surface area contributed by atoms with Crippen LogP contribution >= 0.6 is 0 Å². The van der Waals surface area contributed by atoms with Crippen LogP contribution in [0.15, 0.2) is 24.3 Å². The van der Waals surface area contributed by atoms with Gasteiger partial charge in [-0.3, -0.25) is 4.79 Å². The number of piperidine rings is 1. The molecule has 2 saturated heterocycles. The molecule has 1 spiro atoms. The lowest BCUT2D eigenvalue weighted by atomic mass is 9.77. The lowest BCUT2D eigenvalue weighted by molar-refractivity contribution is -0.136. The minimum atomic E-state index is -0.00578. The van der Waals surface area contributed by atoms with Crippen molar-refractivity contribution < 1.29 is 9.53 Å². The van der Waals surface area contributed by atoms with Gasteiger partial charge in [0.05, 0.1) is 5.92 Å². The van der Waals surface area contributed by atoms with E-state index in [0.29, 0.717) is 17.9 Å². The van der Waals surface area contributed by atoms with Crippen LogP contribution in [0.3, 0.4) is 0 Å². The van der Waals surface area contributed by atoms with Crippen molar-refractivity contribution >= 4 is 5.91 Å². The average Bonchev–Trinajstić information content (AvgIpc) is 3.09. The second-order valence-corrected chi connectivity index (χ2v) is 9.43. The van der Waals surface area contributed by atoms with Gasteiger partial charge in [-0.15, -0.1) is 0 Å². The molecule has 0 N–H and O–H groups in total. The third kappa shape index (κ3) is 3.49. The molecule has 0 aromatic heterocycles. The lowest BCUT2D eigenvalue weighted by Crippen LogP contribution is -2.45. The molecule has 4 heteroatoms. The summed E-state index contributed by atoms with van der Waals surface area (Å²) in [7, 11) is 0. The van der Waals surface area contributed by atoms with Gasteiger partial charge in [-0.05, 0) is 74.6 Å². The summed E-state index contributed by atoms with van der Waals surface area (Å²) in [4.78, 5) is 18.0. The number of fused-ring (bicyclic) bond motifs is 1. The van der Waals surface area contributed by atoms with Crippen LogP contribution in [0.4, 0.5) is 0 Å². The van der Waals surface area contributed by atoms with Crippen LogP contribution < -0.4 is 4.74 Å². The highest BCUT2D eigenvalue weighted by atomic mass is 16.5. The SMILES string of the molecule is O=C(C1COc2ccccc2C1)N1CCC2(CCN(CC3CCC3)CC2)C1. The molecule has 3 aliphatic heterocycles. The van der Waals surface area contributed by atoms with Gasteiger partial charge >= 0.3 is 0 Å². The van der Waals surface area contributed by atoms with Crippen molar-refractivity contribution in [2.75, 3.05) is 39.3 Å². The summed E-state index contributed by atoms with van der Waals surface area (Å²) in [6.07, 6.45) is 8.89. The molecule has 3 fully saturated rings. The molecule has 4 aliphatic rings. The van der Waals surface area contributed by atoms with Gasteiger partial charge in [-0.2, -0.15) is 0 Å². The fourth-order valence-corrected chi connectivity index (χ4v) is 5.53. The van der Waals surface area contributed by atoms with Crippen LogP contribution in [-0.4, -0.2) is 55.0 Å². The number of hydrogen-bond donors (Lipinski definition) is 0. The van der Waals surface area contributed by atoms with Gasteiger partial charge < -0.3 is 14.5 Å². The van der Waals surface area contributed by atoms with Crippen LogP contribution in [0.1, 0.15) is 44.1 Å². The van der Waals surface area contributed by atoms with Crippen LogP contribution in [0, 0.1) is 17.3 Å².